The van der Waals surface area contributed by atoms with Crippen molar-refractivity contribution in [1.29, 1.82) is 0 Å². The molecule has 3 heterocycles. The molecule has 4 atom stereocenters. The van der Waals surface area contributed by atoms with E-state index < -0.39 is 11.7 Å². The van der Waals surface area contributed by atoms with E-state index in [0.29, 0.717) is 25.8 Å². The van der Waals surface area contributed by atoms with E-state index in [1.807, 2.05) is 45.0 Å². The van der Waals surface area contributed by atoms with Gasteiger partial charge < -0.3 is 14.3 Å². The van der Waals surface area contributed by atoms with Crippen molar-refractivity contribution in [2.45, 2.75) is 71.1 Å². The van der Waals surface area contributed by atoms with Gasteiger partial charge in [-0.25, -0.2) is 9.36 Å². The number of hydrogen-bond donors (Lipinski definition) is 0. The normalized spacial score (nSPS) is 25.2. The first kappa shape index (κ1) is 23.5. The average molecular weight is 455 g/mol. The molecule has 0 spiro atoms. The molecule has 33 heavy (non-hydrogen) atoms. The summed E-state index contributed by atoms with van der Waals surface area (Å²) in [6.45, 7) is 8.41. The fraction of sp³-hybridized carbons (Fsp3) is 0.577. The Hall–Kier alpha value is -2.67. The molecular weight excluding hydrogens is 420 g/mol. The van der Waals surface area contributed by atoms with Crippen LogP contribution in [-0.2, 0) is 25.5 Å². The van der Waals surface area contributed by atoms with Gasteiger partial charge in [-0.15, -0.1) is 0 Å². The van der Waals surface area contributed by atoms with Crippen molar-refractivity contribution < 1.29 is 23.9 Å². The van der Waals surface area contributed by atoms with E-state index in [4.69, 9.17) is 9.47 Å². The zero-order valence-electron chi connectivity index (χ0n) is 20.2. The molecule has 0 N–H and O–H groups in total. The minimum absolute atomic E-state index is 0.118. The van der Waals surface area contributed by atoms with E-state index in [-0.39, 0.29) is 29.9 Å². The number of piperidine rings is 1. The van der Waals surface area contributed by atoms with Gasteiger partial charge in [0.15, 0.2) is 0 Å². The van der Waals surface area contributed by atoms with Crippen molar-refractivity contribution in [2.75, 3.05) is 13.7 Å². The Morgan fingerprint density at radius 2 is 1.91 bits per heavy atom. The molecule has 4 rings (SSSR count). The maximum absolute atomic E-state index is 13.4. The van der Waals surface area contributed by atoms with E-state index in [0.717, 1.165) is 34.9 Å². The maximum atomic E-state index is 13.4. The van der Waals surface area contributed by atoms with E-state index in [2.05, 4.69) is 11.8 Å². The molecule has 7 nitrogen and oxygen atoms in total. The van der Waals surface area contributed by atoms with Gasteiger partial charge in [0.2, 0.25) is 0 Å². The van der Waals surface area contributed by atoms with Crippen molar-refractivity contribution >= 4 is 29.3 Å². The first-order valence-corrected chi connectivity index (χ1v) is 11.8. The van der Waals surface area contributed by atoms with Gasteiger partial charge in [-0.2, -0.15) is 0 Å². The second kappa shape index (κ2) is 8.93. The Balaban J connectivity index is 1.86. The van der Waals surface area contributed by atoms with Crippen LogP contribution >= 0.6 is 0 Å². The first-order chi connectivity index (χ1) is 15.7. The number of rotatable bonds is 4. The molecule has 2 aromatic rings. The fourth-order valence-corrected chi connectivity index (χ4v) is 5.65. The van der Waals surface area contributed by atoms with Crippen LogP contribution in [0.5, 0.6) is 0 Å². The molecule has 0 amide bonds. The van der Waals surface area contributed by atoms with Crippen LogP contribution in [0.3, 0.4) is 0 Å². The van der Waals surface area contributed by atoms with Crippen molar-refractivity contribution in [2.24, 2.45) is 11.8 Å². The van der Waals surface area contributed by atoms with Crippen LogP contribution in [0, 0.1) is 11.8 Å². The largest absolute Gasteiger partial charge is 0.469 e. The third-order valence-electron chi connectivity index (χ3n) is 7.13. The third kappa shape index (κ3) is 4.31. The van der Waals surface area contributed by atoms with Gasteiger partial charge in [0.25, 0.3) is 0 Å². The standard InChI is InChI=1S/C26H34N2O5/c1-6-16-14-27-18(15-29)13-20-19-9-7-8-10-21(19)28(25(31)33-26(2,3)4)24(20)22(27)11-17(16)12-23(30)32-5/h7-10,15-18,22H,6,11-14H2,1-5H3/t16-,17+,18-,22-/m0/s1. The summed E-state index contributed by atoms with van der Waals surface area (Å²) in [5, 5.41) is 0.979. The lowest BCUT2D eigenvalue weighted by atomic mass is 9.74. The Bertz CT molecular complexity index is 1070. The van der Waals surface area contributed by atoms with Crippen molar-refractivity contribution in [3.05, 3.63) is 35.5 Å². The highest BCUT2D eigenvalue weighted by Crippen LogP contribution is 2.47. The molecule has 1 aromatic carbocycles. The van der Waals surface area contributed by atoms with Crippen molar-refractivity contribution in [3.8, 4) is 0 Å². The topological polar surface area (TPSA) is 77.8 Å². The summed E-state index contributed by atoms with van der Waals surface area (Å²) in [6.07, 6.45) is 3.12. The van der Waals surface area contributed by atoms with E-state index in [9.17, 15) is 14.4 Å². The molecule has 0 bridgehead atoms. The SMILES string of the molecule is CC[C@H]1CN2[C@H](C=O)Cc3c(n(C(=O)OC(C)(C)C)c4ccccc34)[C@@H]2C[C@@H]1CC(=O)OC. The summed E-state index contributed by atoms with van der Waals surface area (Å²) in [5.74, 6) is 0.179. The second-order valence-corrected chi connectivity index (χ2v) is 10.3. The zero-order valence-corrected chi connectivity index (χ0v) is 20.2. The molecule has 178 valence electrons. The van der Waals surface area contributed by atoms with Crippen molar-refractivity contribution in [1.82, 2.24) is 9.47 Å². The molecule has 1 fully saturated rings. The number of nitrogens with zero attached hydrogens (tertiary/aromatic N) is 2. The highest BCUT2D eigenvalue weighted by Gasteiger charge is 2.46. The number of fused-ring (bicyclic) bond motifs is 5. The summed E-state index contributed by atoms with van der Waals surface area (Å²) >= 11 is 0. The molecular formula is C26H34N2O5. The highest BCUT2D eigenvalue weighted by molar-refractivity contribution is 5.94. The average Bonchev–Trinajstić information content (AvgIpc) is 3.11. The summed E-state index contributed by atoms with van der Waals surface area (Å²) in [7, 11) is 1.42. The molecule has 0 unspecified atom stereocenters. The van der Waals surface area contributed by atoms with Crippen LogP contribution in [0.1, 0.15) is 64.3 Å². The third-order valence-corrected chi connectivity index (χ3v) is 7.13. The quantitative estimate of drug-likeness (QED) is 0.500. The molecule has 7 heteroatoms. The predicted molar refractivity (Wildman–Crippen MR) is 125 cm³/mol. The zero-order chi connectivity index (χ0) is 23.9. The Labute approximate surface area is 195 Å². The lowest BCUT2D eigenvalue weighted by molar-refractivity contribution is -0.143. The van der Waals surface area contributed by atoms with Gasteiger partial charge in [-0.05, 0) is 57.1 Å². The van der Waals surface area contributed by atoms with Gasteiger partial charge in [0, 0.05) is 18.4 Å². The number of hydrogen-bond acceptors (Lipinski definition) is 6. The number of methoxy groups -OCH3 is 1. The van der Waals surface area contributed by atoms with Crippen LogP contribution in [0.25, 0.3) is 10.9 Å². The van der Waals surface area contributed by atoms with E-state index >= 15 is 0 Å². The minimum atomic E-state index is -0.637. The van der Waals surface area contributed by atoms with Crippen molar-refractivity contribution in [3.63, 3.8) is 0 Å². The molecule has 0 radical (unpaired) electrons. The van der Waals surface area contributed by atoms with Gasteiger partial charge in [-0.1, -0.05) is 31.5 Å². The molecule has 2 aliphatic rings. The van der Waals surface area contributed by atoms with E-state index in [1.54, 1.807) is 4.57 Å². The van der Waals surface area contributed by atoms with Crippen LogP contribution in [-0.4, -0.2) is 53.1 Å². The van der Waals surface area contributed by atoms with Crippen LogP contribution in [0.4, 0.5) is 4.79 Å². The predicted octanol–water partition coefficient (Wildman–Crippen LogP) is 4.50. The minimum Gasteiger partial charge on any atom is -0.469 e. The van der Waals surface area contributed by atoms with Gasteiger partial charge in [-0.3, -0.25) is 9.69 Å². The highest BCUT2D eigenvalue weighted by atomic mass is 16.6. The number of carbonyl (C=O) groups is 3. The Kier molecular flexibility index (Phi) is 6.36. The maximum Gasteiger partial charge on any atom is 0.419 e. The number of ether oxygens (including phenoxy) is 2. The molecule has 0 saturated carbocycles. The number of aldehydes is 1. The number of esters is 1. The van der Waals surface area contributed by atoms with Crippen LogP contribution < -0.4 is 0 Å². The van der Waals surface area contributed by atoms with Gasteiger partial charge >= 0.3 is 12.1 Å². The Morgan fingerprint density at radius 1 is 1.18 bits per heavy atom. The van der Waals surface area contributed by atoms with Gasteiger partial charge in [0.1, 0.15) is 11.9 Å². The fourth-order valence-electron chi connectivity index (χ4n) is 5.65. The molecule has 2 aliphatic heterocycles. The molecule has 1 aromatic heterocycles. The van der Waals surface area contributed by atoms with Crippen LogP contribution in [0.15, 0.2) is 24.3 Å². The van der Waals surface area contributed by atoms with E-state index in [1.165, 1.54) is 7.11 Å². The first-order valence-electron chi connectivity index (χ1n) is 11.8. The summed E-state index contributed by atoms with van der Waals surface area (Å²) < 4.78 is 12.5. The summed E-state index contributed by atoms with van der Waals surface area (Å²) in [4.78, 5) is 40.0. The lowest BCUT2D eigenvalue weighted by Crippen LogP contribution is -2.52. The van der Waals surface area contributed by atoms with Crippen LogP contribution in [0.2, 0.25) is 0 Å². The summed E-state index contributed by atoms with van der Waals surface area (Å²) in [5.41, 5.74) is 2.09. The molecule has 0 aliphatic carbocycles. The number of carbonyl (C=O) groups excluding carboxylic acids is 3. The second-order valence-electron chi connectivity index (χ2n) is 10.3. The smallest absolute Gasteiger partial charge is 0.419 e. The Morgan fingerprint density at radius 3 is 2.55 bits per heavy atom. The number of para-hydroxylation sites is 1. The monoisotopic (exact) mass is 454 g/mol. The van der Waals surface area contributed by atoms with Gasteiger partial charge in [0.05, 0.1) is 30.4 Å². The number of aromatic nitrogens is 1. The molecule has 1 saturated heterocycles. The lowest BCUT2D eigenvalue weighted by Gasteiger charge is -2.49. The summed E-state index contributed by atoms with van der Waals surface area (Å²) in [6, 6.07) is 7.41. The number of benzene rings is 1.